The van der Waals surface area contributed by atoms with Gasteiger partial charge in [0.1, 0.15) is 0 Å². The maximum Gasteiger partial charge on any atom is 0.347 e. The molecule has 0 N–H and O–H groups in total. The average molecular weight is 310 g/mol. The molecule has 0 radical (unpaired) electrons. The van der Waals surface area contributed by atoms with Crippen molar-refractivity contribution < 1.29 is 28.7 Å². The standard InChI is InChI=1S/C17H10O6/c1-22-15(19)13-7-9(5-6-10(13)8-18)11-3-2-4-12-14(11)17(21)23-16(12)20/h2-8H,1H3. The van der Waals surface area contributed by atoms with E-state index in [-0.39, 0.29) is 22.3 Å². The third-order valence-corrected chi connectivity index (χ3v) is 3.57. The van der Waals surface area contributed by atoms with Crippen LogP contribution in [0.15, 0.2) is 36.4 Å². The summed E-state index contributed by atoms with van der Waals surface area (Å²) in [6, 6.07) is 9.22. The lowest BCUT2D eigenvalue weighted by Gasteiger charge is -2.09. The van der Waals surface area contributed by atoms with E-state index < -0.39 is 17.9 Å². The maximum absolute atomic E-state index is 11.9. The van der Waals surface area contributed by atoms with Crippen LogP contribution in [0.25, 0.3) is 11.1 Å². The van der Waals surface area contributed by atoms with Crippen LogP contribution in [0.1, 0.15) is 41.4 Å². The smallest absolute Gasteiger partial charge is 0.347 e. The normalized spacial score (nSPS) is 12.6. The Bertz CT molecular complexity index is 865. The number of benzene rings is 2. The predicted octanol–water partition coefficient (Wildman–Crippen LogP) is 2.26. The molecule has 0 spiro atoms. The molecule has 23 heavy (non-hydrogen) atoms. The van der Waals surface area contributed by atoms with Gasteiger partial charge in [0.25, 0.3) is 0 Å². The molecule has 2 aromatic carbocycles. The van der Waals surface area contributed by atoms with Gasteiger partial charge in [-0.25, -0.2) is 14.4 Å². The quantitative estimate of drug-likeness (QED) is 0.491. The largest absolute Gasteiger partial charge is 0.465 e. The fourth-order valence-corrected chi connectivity index (χ4v) is 2.49. The van der Waals surface area contributed by atoms with Gasteiger partial charge in [-0.15, -0.1) is 0 Å². The second-order valence-electron chi connectivity index (χ2n) is 4.82. The molecule has 6 heteroatoms. The van der Waals surface area contributed by atoms with E-state index in [1.165, 1.54) is 25.3 Å². The summed E-state index contributed by atoms with van der Waals surface area (Å²) < 4.78 is 9.27. The van der Waals surface area contributed by atoms with E-state index in [0.29, 0.717) is 17.4 Å². The molecule has 6 nitrogen and oxygen atoms in total. The molecular formula is C17H10O6. The molecule has 0 saturated heterocycles. The minimum absolute atomic E-state index is 0.0790. The van der Waals surface area contributed by atoms with Crippen molar-refractivity contribution in [2.45, 2.75) is 0 Å². The van der Waals surface area contributed by atoms with Gasteiger partial charge in [0, 0.05) is 5.56 Å². The number of cyclic esters (lactones) is 2. The van der Waals surface area contributed by atoms with Crippen LogP contribution in [0.2, 0.25) is 0 Å². The van der Waals surface area contributed by atoms with Crippen LogP contribution < -0.4 is 0 Å². The molecule has 114 valence electrons. The highest BCUT2D eigenvalue weighted by Gasteiger charge is 2.32. The fourth-order valence-electron chi connectivity index (χ4n) is 2.49. The first-order valence-electron chi connectivity index (χ1n) is 6.64. The number of esters is 3. The number of ether oxygens (including phenoxy) is 2. The van der Waals surface area contributed by atoms with E-state index in [2.05, 4.69) is 9.47 Å². The number of rotatable bonds is 3. The highest BCUT2D eigenvalue weighted by molar-refractivity contribution is 6.18. The Hall–Kier alpha value is -3.28. The van der Waals surface area contributed by atoms with Crippen molar-refractivity contribution in [3.05, 3.63) is 58.7 Å². The predicted molar refractivity (Wildman–Crippen MR) is 78.4 cm³/mol. The van der Waals surface area contributed by atoms with Gasteiger partial charge < -0.3 is 9.47 Å². The van der Waals surface area contributed by atoms with Gasteiger partial charge in [-0.1, -0.05) is 24.3 Å². The Kier molecular flexibility index (Phi) is 3.50. The summed E-state index contributed by atoms with van der Waals surface area (Å²) in [6.45, 7) is 0. The molecule has 2 aromatic rings. The first kappa shape index (κ1) is 14.6. The SMILES string of the molecule is COC(=O)c1cc(-c2cccc3c2C(=O)OC3=O)ccc1C=O. The second kappa shape index (κ2) is 5.49. The van der Waals surface area contributed by atoms with Gasteiger partial charge in [0.05, 0.1) is 23.8 Å². The number of hydrogen-bond donors (Lipinski definition) is 0. The highest BCUT2D eigenvalue weighted by Crippen LogP contribution is 2.32. The van der Waals surface area contributed by atoms with Crippen LogP contribution in [0.4, 0.5) is 0 Å². The van der Waals surface area contributed by atoms with Crippen LogP contribution in [-0.4, -0.2) is 31.3 Å². The number of carbonyl (C=O) groups excluding carboxylic acids is 4. The van der Waals surface area contributed by atoms with Crippen molar-refractivity contribution in [3.8, 4) is 11.1 Å². The fraction of sp³-hybridized carbons (Fsp3) is 0.0588. The van der Waals surface area contributed by atoms with Crippen LogP contribution in [0.5, 0.6) is 0 Å². The van der Waals surface area contributed by atoms with Gasteiger partial charge in [-0.2, -0.15) is 0 Å². The topological polar surface area (TPSA) is 86.7 Å². The second-order valence-corrected chi connectivity index (χ2v) is 4.82. The lowest BCUT2D eigenvalue weighted by molar-refractivity contribution is 0.0443. The van der Waals surface area contributed by atoms with Crippen molar-refractivity contribution in [2.75, 3.05) is 7.11 Å². The maximum atomic E-state index is 11.9. The zero-order valence-corrected chi connectivity index (χ0v) is 12.0. The summed E-state index contributed by atoms with van der Waals surface area (Å²) in [5.74, 6) is -2.11. The number of aldehydes is 1. The van der Waals surface area contributed by atoms with E-state index in [1.807, 2.05) is 0 Å². The van der Waals surface area contributed by atoms with Crippen molar-refractivity contribution in [3.63, 3.8) is 0 Å². The first-order valence-corrected chi connectivity index (χ1v) is 6.64. The molecule has 0 saturated carbocycles. The molecule has 1 aliphatic heterocycles. The van der Waals surface area contributed by atoms with Crippen LogP contribution >= 0.6 is 0 Å². The molecule has 1 aliphatic rings. The Balaban J connectivity index is 2.22. The Morgan fingerprint density at radius 2 is 1.83 bits per heavy atom. The summed E-state index contributed by atoms with van der Waals surface area (Å²) in [5, 5.41) is 0. The van der Waals surface area contributed by atoms with E-state index in [1.54, 1.807) is 18.2 Å². The van der Waals surface area contributed by atoms with E-state index >= 15 is 0 Å². The number of methoxy groups -OCH3 is 1. The molecular weight excluding hydrogens is 300 g/mol. The lowest BCUT2D eigenvalue weighted by Crippen LogP contribution is -2.06. The van der Waals surface area contributed by atoms with E-state index in [0.717, 1.165) is 0 Å². The Labute approximate surface area is 130 Å². The molecule has 0 amide bonds. The third-order valence-electron chi connectivity index (χ3n) is 3.57. The van der Waals surface area contributed by atoms with Crippen LogP contribution in [0.3, 0.4) is 0 Å². The molecule has 0 aliphatic carbocycles. The first-order chi connectivity index (χ1) is 11.1. The summed E-state index contributed by atoms with van der Waals surface area (Å²) in [5.41, 5.74) is 1.52. The van der Waals surface area contributed by atoms with Gasteiger partial charge in [0.15, 0.2) is 6.29 Å². The number of carbonyl (C=O) groups is 4. The molecule has 0 atom stereocenters. The Morgan fingerprint density at radius 1 is 1.09 bits per heavy atom. The lowest BCUT2D eigenvalue weighted by atomic mass is 9.94. The number of fused-ring (bicyclic) bond motifs is 1. The van der Waals surface area contributed by atoms with Crippen molar-refractivity contribution in [2.24, 2.45) is 0 Å². The van der Waals surface area contributed by atoms with Crippen molar-refractivity contribution >= 4 is 24.2 Å². The third kappa shape index (κ3) is 2.30. The molecule has 0 fully saturated rings. The summed E-state index contributed by atoms with van der Waals surface area (Å²) in [7, 11) is 1.21. The summed E-state index contributed by atoms with van der Waals surface area (Å²) in [4.78, 5) is 46.3. The van der Waals surface area contributed by atoms with Gasteiger partial charge in [-0.05, 0) is 23.3 Å². The zero-order chi connectivity index (χ0) is 16.6. The van der Waals surface area contributed by atoms with Gasteiger partial charge in [-0.3, -0.25) is 4.79 Å². The van der Waals surface area contributed by atoms with Crippen molar-refractivity contribution in [1.29, 1.82) is 0 Å². The summed E-state index contributed by atoms with van der Waals surface area (Å²) in [6.07, 6.45) is 0.545. The molecule has 3 rings (SSSR count). The summed E-state index contributed by atoms with van der Waals surface area (Å²) >= 11 is 0. The number of hydrogen-bond acceptors (Lipinski definition) is 6. The minimum Gasteiger partial charge on any atom is -0.465 e. The van der Waals surface area contributed by atoms with E-state index in [9.17, 15) is 19.2 Å². The zero-order valence-electron chi connectivity index (χ0n) is 12.0. The molecule has 0 unspecified atom stereocenters. The Morgan fingerprint density at radius 3 is 2.52 bits per heavy atom. The van der Waals surface area contributed by atoms with Gasteiger partial charge >= 0.3 is 17.9 Å². The highest BCUT2D eigenvalue weighted by atomic mass is 16.6. The molecule has 1 heterocycles. The molecule has 0 bridgehead atoms. The minimum atomic E-state index is -0.736. The van der Waals surface area contributed by atoms with Crippen LogP contribution in [-0.2, 0) is 9.47 Å². The average Bonchev–Trinajstić information content (AvgIpc) is 2.88. The van der Waals surface area contributed by atoms with Crippen molar-refractivity contribution in [1.82, 2.24) is 0 Å². The van der Waals surface area contributed by atoms with Crippen LogP contribution in [0, 0.1) is 0 Å². The monoisotopic (exact) mass is 310 g/mol. The van der Waals surface area contributed by atoms with Gasteiger partial charge in [0.2, 0.25) is 0 Å². The molecule has 0 aromatic heterocycles. The van der Waals surface area contributed by atoms with E-state index in [4.69, 9.17) is 0 Å².